The van der Waals surface area contributed by atoms with Gasteiger partial charge in [0.25, 0.3) is 5.91 Å². The molecule has 0 spiro atoms. The Morgan fingerprint density at radius 1 is 1.00 bits per heavy atom. The zero-order chi connectivity index (χ0) is 17.5. The van der Waals surface area contributed by atoms with Crippen molar-refractivity contribution in [3.8, 4) is 0 Å². The minimum Gasteiger partial charge on any atom is -0.272 e. The molecule has 0 aromatic carbocycles. The fourth-order valence-electron chi connectivity index (χ4n) is 3.25. The first kappa shape index (κ1) is 21.7. The van der Waals surface area contributed by atoms with Crippen LogP contribution in [0.2, 0.25) is 0 Å². The van der Waals surface area contributed by atoms with Gasteiger partial charge in [0, 0.05) is 21.3 Å². The van der Waals surface area contributed by atoms with Crippen LogP contribution in [0.25, 0.3) is 0 Å². The van der Waals surface area contributed by atoms with E-state index in [1.54, 1.807) is 4.31 Å². The van der Waals surface area contributed by atoms with E-state index < -0.39 is 20.6 Å². The maximum atomic E-state index is 13.1. The van der Waals surface area contributed by atoms with Gasteiger partial charge in [0.05, 0.1) is 4.75 Å². The molecular formula is C15H27NO2P2S3. The number of rotatable bonds is 11. The van der Waals surface area contributed by atoms with Gasteiger partial charge in [0.15, 0.2) is 4.90 Å². The van der Waals surface area contributed by atoms with Crippen molar-refractivity contribution in [3.63, 3.8) is 0 Å². The molecule has 0 aliphatic carbocycles. The summed E-state index contributed by atoms with van der Waals surface area (Å²) in [7, 11) is -0.257. The smallest absolute Gasteiger partial charge is 0.260 e. The van der Waals surface area contributed by atoms with Crippen molar-refractivity contribution in [3.05, 3.63) is 0 Å². The Bertz CT molecular complexity index is 462. The van der Waals surface area contributed by atoms with Crippen molar-refractivity contribution in [1.29, 1.82) is 0 Å². The lowest BCUT2D eigenvalue weighted by molar-refractivity contribution is -0.125. The SMILES string of the molecule is CCCCCCCCN1C(=O)C(P=S)(P=S)C(CC)(CC)S1=O. The van der Waals surface area contributed by atoms with Crippen LogP contribution in [0.15, 0.2) is 0 Å². The highest BCUT2D eigenvalue weighted by Gasteiger charge is 2.66. The molecule has 1 aliphatic heterocycles. The summed E-state index contributed by atoms with van der Waals surface area (Å²) in [6.07, 6.45) is 8.22. The van der Waals surface area contributed by atoms with E-state index in [1.165, 1.54) is 25.7 Å². The maximum Gasteiger partial charge on any atom is 0.260 e. The maximum absolute atomic E-state index is 13.1. The molecule has 0 aromatic heterocycles. The molecule has 0 saturated carbocycles. The van der Waals surface area contributed by atoms with Gasteiger partial charge in [-0.25, -0.2) is 4.21 Å². The molecule has 1 aliphatic rings. The van der Waals surface area contributed by atoms with E-state index in [-0.39, 0.29) is 5.91 Å². The Hall–Kier alpha value is 0.660. The highest BCUT2D eigenvalue weighted by Crippen LogP contribution is 2.57. The summed E-state index contributed by atoms with van der Waals surface area (Å²) in [4.78, 5) is 12.1. The highest BCUT2D eigenvalue weighted by atomic mass is 32.4. The van der Waals surface area contributed by atoms with E-state index >= 15 is 0 Å². The van der Waals surface area contributed by atoms with E-state index in [1.807, 2.05) is 13.8 Å². The van der Waals surface area contributed by atoms with E-state index in [0.717, 1.165) is 12.8 Å². The quantitative estimate of drug-likeness (QED) is 0.357. The molecule has 1 saturated heterocycles. The molecule has 1 atom stereocenters. The van der Waals surface area contributed by atoms with Crippen LogP contribution in [0.3, 0.4) is 0 Å². The first-order valence-electron chi connectivity index (χ1n) is 8.44. The van der Waals surface area contributed by atoms with Crippen LogP contribution >= 0.6 is 14.7 Å². The Labute approximate surface area is 156 Å². The molecular weight excluding hydrogens is 384 g/mol. The molecule has 0 bridgehead atoms. The summed E-state index contributed by atoms with van der Waals surface area (Å²) >= 11 is 10.6. The van der Waals surface area contributed by atoms with Gasteiger partial charge in [-0.05, 0) is 19.3 Å². The Morgan fingerprint density at radius 3 is 1.96 bits per heavy atom. The standard InChI is InChI=1S/C15H27NO2P2S3/c1-4-7-8-9-10-11-12-16-13(17)15(19-21,20-22)14(5-2,6-3)23(16)18/h4-12H2,1-3H3. The van der Waals surface area contributed by atoms with Crippen molar-refractivity contribution in [2.75, 3.05) is 6.54 Å². The van der Waals surface area contributed by atoms with Crippen molar-refractivity contribution in [2.24, 2.45) is 0 Å². The third-order valence-corrected chi connectivity index (χ3v) is 12.2. The summed E-state index contributed by atoms with van der Waals surface area (Å²) < 4.78 is 14.1. The lowest BCUT2D eigenvalue weighted by Gasteiger charge is -2.33. The van der Waals surface area contributed by atoms with Crippen LogP contribution in [0.5, 0.6) is 0 Å². The molecule has 0 N–H and O–H groups in total. The van der Waals surface area contributed by atoms with Crippen LogP contribution in [0.4, 0.5) is 0 Å². The molecule has 1 heterocycles. The minimum atomic E-state index is -1.33. The topological polar surface area (TPSA) is 37.4 Å². The second kappa shape index (κ2) is 9.97. The molecule has 1 unspecified atom stereocenters. The average molecular weight is 412 g/mol. The van der Waals surface area contributed by atoms with Crippen molar-refractivity contribution >= 4 is 55.2 Å². The zero-order valence-corrected chi connectivity index (χ0v) is 18.5. The molecule has 1 rings (SSSR count). The van der Waals surface area contributed by atoms with Crippen LogP contribution < -0.4 is 0 Å². The summed E-state index contributed by atoms with van der Waals surface area (Å²) in [6, 6.07) is 0. The van der Waals surface area contributed by atoms with Crippen LogP contribution in [0, 0.1) is 0 Å². The van der Waals surface area contributed by atoms with E-state index in [9.17, 15) is 9.00 Å². The van der Waals surface area contributed by atoms with Gasteiger partial charge >= 0.3 is 0 Å². The Kier molecular flexibility index (Phi) is 9.40. The van der Waals surface area contributed by atoms with Crippen LogP contribution in [0.1, 0.15) is 72.1 Å². The lowest BCUT2D eigenvalue weighted by Crippen LogP contribution is -2.46. The Balaban J connectivity index is 2.87. The molecule has 132 valence electrons. The summed E-state index contributed by atoms with van der Waals surface area (Å²) in [5.41, 5.74) is 0. The van der Waals surface area contributed by atoms with Crippen molar-refractivity contribution in [1.82, 2.24) is 4.31 Å². The van der Waals surface area contributed by atoms with E-state index in [2.05, 4.69) is 6.92 Å². The average Bonchev–Trinajstić information content (AvgIpc) is 2.75. The second-order valence-corrected chi connectivity index (χ2v) is 10.9. The molecule has 1 amide bonds. The number of hydrogen-bond acceptors (Lipinski definition) is 4. The first-order valence-corrected chi connectivity index (χ1v) is 13.4. The third kappa shape index (κ3) is 3.92. The number of unbranched alkanes of at least 4 members (excludes halogenated alkanes) is 5. The molecule has 1 fully saturated rings. The van der Waals surface area contributed by atoms with Gasteiger partial charge in [0.1, 0.15) is 11.0 Å². The van der Waals surface area contributed by atoms with E-state index in [4.69, 9.17) is 23.6 Å². The fraction of sp³-hybridized carbons (Fsp3) is 0.933. The first-order chi connectivity index (χ1) is 11.0. The molecule has 0 aromatic rings. The van der Waals surface area contributed by atoms with Crippen LogP contribution in [-0.2, 0) is 39.4 Å². The number of carbonyl (C=O) groups excluding carboxylic acids is 1. The molecule has 23 heavy (non-hydrogen) atoms. The number of nitrogens with zero attached hydrogens (tertiary/aromatic N) is 1. The molecule has 3 nitrogen and oxygen atoms in total. The summed E-state index contributed by atoms with van der Waals surface area (Å²) in [5, 5.41) is 0. The van der Waals surface area contributed by atoms with Gasteiger partial charge in [0.2, 0.25) is 0 Å². The summed E-state index contributed by atoms with van der Waals surface area (Å²) in [5.74, 6) is -0.0820. The minimum absolute atomic E-state index is 0.0820. The molecule has 0 radical (unpaired) electrons. The predicted molar refractivity (Wildman–Crippen MR) is 108 cm³/mol. The van der Waals surface area contributed by atoms with E-state index in [0.29, 0.717) is 34.1 Å². The second-order valence-electron chi connectivity index (χ2n) is 5.98. The zero-order valence-electron chi connectivity index (χ0n) is 14.2. The highest BCUT2D eigenvalue weighted by molar-refractivity contribution is 8.07. The monoisotopic (exact) mass is 411 g/mol. The fourth-order valence-corrected chi connectivity index (χ4v) is 10.5. The normalized spacial score (nSPS) is 27.2. The predicted octanol–water partition coefficient (Wildman–Crippen LogP) is 4.92. The Morgan fingerprint density at radius 2 is 1.52 bits per heavy atom. The number of hydrogen-bond donors (Lipinski definition) is 0. The molecule has 8 heteroatoms. The van der Waals surface area contributed by atoms with Gasteiger partial charge in [-0.15, -0.1) is 0 Å². The number of carbonyl (C=O) groups is 1. The van der Waals surface area contributed by atoms with Gasteiger partial charge in [-0.1, -0.05) is 76.5 Å². The third-order valence-electron chi connectivity index (χ3n) is 4.82. The van der Waals surface area contributed by atoms with Crippen molar-refractivity contribution in [2.45, 2.75) is 81.8 Å². The van der Waals surface area contributed by atoms with Crippen LogP contribution in [-0.4, -0.2) is 30.6 Å². The largest absolute Gasteiger partial charge is 0.272 e. The van der Waals surface area contributed by atoms with Gasteiger partial charge < -0.3 is 0 Å². The number of amides is 1. The van der Waals surface area contributed by atoms with Gasteiger partial charge in [-0.2, -0.15) is 0 Å². The lowest BCUT2D eigenvalue weighted by atomic mass is 9.96. The van der Waals surface area contributed by atoms with Gasteiger partial charge in [-0.3, -0.25) is 9.10 Å². The van der Waals surface area contributed by atoms with Crippen molar-refractivity contribution < 1.29 is 9.00 Å². The summed E-state index contributed by atoms with van der Waals surface area (Å²) in [6.45, 7) is 6.76.